The number of aliphatic hydroxyl groups excluding tert-OH is 2. The molecule has 0 spiro atoms. The van der Waals surface area contributed by atoms with E-state index in [2.05, 4.69) is 39.3 Å². The maximum absolute atomic E-state index is 10.6. The Hall–Kier alpha value is -2.59. The second-order valence-corrected chi connectivity index (χ2v) is 7.68. The Labute approximate surface area is 181 Å². The van der Waals surface area contributed by atoms with Crippen LogP contribution in [-0.2, 0) is 9.47 Å². The lowest BCUT2D eigenvalue weighted by molar-refractivity contribution is -0.0652. The van der Waals surface area contributed by atoms with E-state index in [4.69, 9.17) is 9.47 Å². The fourth-order valence-corrected chi connectivity index (χ4v) is 3.86. The summed E-state index contributed by atoms with van der Waals surface area (Å²) in [5.41, 5.74) is 2.25. The van der Waals surface area contributed by atoms with Crippen LogP contribution in [0.4, 0.5) is 5.82 Å². The van der Waals surface area contributed by atoms with E-state index in [0.29, 0.717) is 23.6 Å². The molecule has 0 saturated carbocycles. The number of aromatic nitrogens is 4. The van der Waals surface area contributed by atoms with Crippen LogP contribution in [-0.4, -0.2) is 61.3 Å². The van der Waals surface area contributed by atoms with Crippen molar-refractivity contribution in [2.75, 3.05) is 18.5 Å². The van der Waals surface area contributed by atoms with E-state index >= 15 is 0 Å². The number of hydrogen-bond donors (Lipinski definition) is 3. The van der Waals surface area contributed by atoms with Gasteiger partial charge in [-0.3, -0.25) is 4.57 Å². The standard InChI is InChI=1S/C22H29N5O4/c1-3-10-30-11-16-18(28)19(29)22(31-16)27-13-25-17-20(23-12-24-21(17)27)26-15(4-2)14-8-6-5-7-9-14/h5-9,12-13,15-16,18-19,22,28-29H,3-4,10-11H2,1-2H3,(H,23,24,26)/t15-,16?,18?,19?,22?/m0/s1. The van der Waals surface area contributed by atoms with Gasteiger partial charge in [0.25, 0.3) is 0 Å². The van der Waals surface area contributed by atoms with Gasteiger partial charge in [-0.1, -0.05) is 44.2 Å². The second kappa shape index (κ2) is 9.69. The summed E-state index contributed by atoms with van der Waals surface area (Å²) in [6, 6.07) is 10.2. The number of ether oxygens (including phenoxy) is 2. The van der Waals surface area contributed by atoms with Crippen LogP contribution in [0.2, 0.25) is 0 Å². The minimum atomic E-state index is -1.12. The van der Waals surface area contributed by atoms with Gasteiger partial charge >= 0.3 is 0 Å². The molecule has 31 heavy (non-hydrogen) atoms. The van der Waals surface area contributed by atoms with Crippen molar-refractivity contribution >= 4 is 17.0 Å². The van der Waals surface area contributed by atoms with Crippen molar-refractivity contribution in [2.45, 2.75) is 57.3 Å². The lowest BCUT2D eigenvalue weighted by Crippen LogP contribution is -2.33. The average molecular weight is 428 g/mol. The van der Waals surface area contributed by atoms with Gasteiger partial charge in [-0.2, -0.15) is 0 Å². The zero-order chi connectivity index (χ0) is 21.8. The van der Waals surface area contributed by atoms with Gasteiger partial charge in [-0.15, -0.1) is 0 Å². The molecule has 5 atom stereocenters. The number of anilines is 1. The summed E-state index contributed by atoms with van der Waals surface area (Å²) in [6.45, 7) is 4.90. The molecule has 2 aromatic heterocycles. The summed E-state index contributed by atoms with van der Waals surface area (Å²) in [4.78, 5) is 13.2. The molecule has 9 heteroatoms. The van der Waals surface area contributed by atoms with Gasteiger partial charge in [0.05, 0.1) is 19.0 Å². The normalized spacial score (nSPS) is 24.5. The molecular weight excluding hydrogens is 398 g/mol. The zero-order valence-electron chi connectivity index (χ0n) is 17.8. The predicted molar refractivity (Wildman–Crippen MR) is 115 cm³/mol. The number of nitrogens with zero attached hydrogens (tertiary/aromatic N) is 4. The van der Waals surface area contributed by atoms with E-state index in [-0.39, 0.29) is 12.6 Å². The van der Waals surface area contributed by atoms with Gasteiger partial charge in [0.1, 0.15) is 24.6 Å². The minimum absolute atomic E-state index is 0.0692. The zero-order valence-corrected chi connectivity index (χ0v) is 17.8. The molecule has 1 saturated heterocycles. The van der Waals surface area contributed by atoms with Crippen molar-refractivity contribution in [1.82, 2.24) is 19.5 Å². The molecule has 3 N–H and O–H groups in total. The molecule has 1 aliphatic heterocycles. The first kappa shape index (κ1) is 21.6. The molecule has 1 aliphatic rings. The van der Waals surface area contributed by atoms with Crippen LogP contribution in [0, 0.1) is 0 Å². The van der Waals surface area contributed by atoms with Gasteiger partial charge in [0.2, 0.25) is 0 Å². The quantitative estimate of drug-likeness (QED) is 0.446. The Bertz CT molecular complexity index is 982. The predicted octanol–water partition coefficient (Wildman–Crippen LogP) is 2.44. The van der Waals surface area contributed by atoms with E-state index in [0.717, 1.165) is 18.4 Å². The summed E-state index contributed by atoms with van der Waals surface area (Å²) in [5, 5.41) is 24.4. The second-order valence-electron chi connectivity index (χ2n) is 7.68. The van der Waals surface area contributed by atoms with Crippen molar-refractivity contribution in [3.8, 4) is 0 Å². The highest BCUT2D eigenvalue weighted by Crippen LogP contribution is 2.33. The molecular formula is C22H29N5O4. The van der Waals surface area contributed by atoms with Gasteiger partial charge in [-0.25, -0.2) is 15.0 Å². The molecule has 3 aromatic rings. The number of fused-ring (bicyclic) bond motifs is 1. The highest BCUT2D eigenvalue weighted by Gasteiger charge is 2.44. The maximum atomic E-state index is 10.6. The number of nitrogens with one attached hydrogen (secondary N) is 1. The lowest BCUT2D eigenvalue weighted by atomic mass is 10.0. The van der Waals surface area contributed by atoms with Gasteiger partial charge in [0.15, 0.2) is 23.2 Å². The Morgan fingerprint density at radius 3 is 2.68 bits per heavy atom. The summed E-state index contributed by atoms with van der Waals surface area (Å²) in [7, 11) is 0. The van der Waals surface area contributed by atoms with Crippen LogP contribution in [0.5, 0.6) is 0 Å². The maximum Gasteiger partial charge on any atom is 0.167 e. The highest BCUT2D eigenvalue weighted by atomic mass is 16.6. The smallest absolute Gasteiger partial charge is 0.167 e. The number of imidazole rings is 1. The topological polar surface area (TPSA) is 115 Å². The molecule has 166 valence electrons. The first-order chi connectivity index (χ1) is 15.1. The fourth-order valence-electron chi connectivity index (χ4n) is 3.86. The molecule has 4 rings (SSSR count). The summed E-state index contributed by atoms with van der Waals surface area (Å²) in [5.74, 6) is 0.607. The molecule has 0 radical (unpaired) electrons. The SMILES string of the molecule is CCCOCC1OC(n2cnc3c(N[C@@H](CC)c4ccccc4)ncnc32)C(O)C1O. The number of aliphatic hydroxyl groups is 2. The molecule has 3 heterocycles. The van der Waals surface area contributed by atoms with Crippen molar-refractivity contribution < 1.29 is 19.7 Å². The molecule has 4 unspecified atom stereocenters. The van der Waals surface area contributed by atoms with Crippen LogP contribution in [0.15, 0.2) is 43.0 Å². The minimum Gasteiger partial charge on any atom is -0.387 e. The van der Waals surface area contributed by atoms with Crippen molar-refractivity contribution in [3.63, 3.8) is 0 Å². The van der Waals surface area contributed by atoms with Crippen molar-refractivity contribution in [1.29, 1.82) is 0 Å². The number of hydrogen-bond acceptors (Lipinski definition) is 8. The average Bonchev–Trinajstić information content (AvgIpc) is 3.35. The van der Waals surface area contributed by atoms with Crippen LogP contribution < -0.4 is 5.32 Å². The van der Waals surface area contributed by atoms with E-state index < -0.39 is 24.5 Å². The van der Waals surface area contributed by atoms with E-state index in [1.807, 2.05) is 25.1 Å². The monoisotopic (exact) mass is 427 g/mol. The molecule has 1 fully saturated rings. The number of rotatable bonds is 9. The van der Waals surface area contributed by atoms with E-state index in [1.165, 1.54) is 6.33 Å². The van der Waals surface area contributed by atoms with Crippen LogP contribution >= 0.6 is 0 Å². The molecule has 1 aromatic carbocycles. The van der Waals surface area contributed by atoms with E-state index in [1.54, 1.807) is 10.9 Å². The van der Waals surface area contributed by atoms with Crippen LogP contribution in [0.1, 0.15) is 44.5 Å². The summed E-state index contributed by atoms with van der Waals surface area (Å²) < 4.78 is 13.1. The largest absolute Gasteiger partial charge is 0.387 e. The summed E-state index contributed by atoms with van der Waals surface area (Å²) in [6.07, 6.45) is 1.15. The Balaban J connectivity index is 1.57. The molecule has 0 bridgehead atoms. The van der Waals surface area contributed by atoms with E-state index in [9.17, 15) is 10.2 Å². The van der Waals surface area contributed by atoms with Gasteiger partial charge < -0.3 is 25.0 Å². The Kier molecular flexibility index (Phi) is 6.77. The van der Waals surface area contributed by atoms with Crippen LogP contribution in [0.3, 0.4) is 0 Å². The van der Waals surface area contributed by atoms with Crippen LogP contribution in [0.25, 0.3) is 11.2 Å². The third kappa shape index (κ3) is 4.40. The summed E-state index contributed by atoms with van der Waals surface area (Å²) >= 11 is 0. The van der Waals surface area contributed by atoms with Crippen molar-refractivity contribution in [3.05, 3.63) is 48.5 Å². The Morgan fingerprint density at radius 1 is 1.13 bits per heavy atom. The third-order valence-electron chi connectivity index (χ3n) is 5.52. The molecule has 0 aliphatic carbocycles. The third-order valence-corrected chi connectivity index (χ3v) is 5.52. The fraction of sp³-hybridized carbons (Fsp3) is 0.500. The highest BCUT2D eigenvalue weighted by molar-refractivity contribution is 5.83. The molecule has 0 amide bonds. The molecule has 9 nitrogen and oxygen atoms in total. The first-order valence-corrected chi connectivity index (χ1v) is 10.7. The van der Waals surface area contributed by atoms with Gasteiger partial charge in [-0.05, 0) is 18.4 Å². The lowest BCUT2D eigenvalue weighted by Gasteiger charge is -2.19. The van der Waals surface area contributed by atoms with Gasteiger partial charge in [0, 0.05) is 6.61 Å². The van der Waals surface area contributed by atoms with Crippen molar-refractivity contribution in [2.24, 2.45) is 0 Å². The Morgan fingerprint density at radius 2 is 1.94 bits per heavy atom. The first-order valence-electron chi connectivity index (χ1n) is 10.7. The number of benzene rings is 1.